The molecule has 2 unspecified atom stereocenters. The predicted molar refractivity (Wildman–Crippen MR) is 67.5 cm³/mol. The zero-order valence-corrected chi connectivity index (χ0v) is 10.3. The maximum atomic E-state index is 12.5. The van der Waals surface area contributed by atoms with Crippen LogP contribution in [0.3, 0.4) is 0 Å². The van der Waals surface area contributed by atoms with Gasteiger partial charge in [-0.15, -0.1) is 0 Å². The molecule has 2 heterocycles. The van der Waals surface area contributed by atoms with Crippen molar-refractivity contribution in [1.29, 1.82) is 0 Å². The summed E-state index contributed by atoms with van der Waals surface area (Å²) in [7, 11) is 0. The van der Waals surface area contributed by atoms with Crippen LogP contribution in [0.15, 0.2) is 12.3 Å². The van der Waals surface area contributed by atoms with Crippen molar-refractivity contribution in [3.63, 3.8) is 0 Å². The van der Waals surface area contributed by atoms with Crippen LogP contribution in [0.2, 0.25) is 0 Å². The lowest BCUT2D eigenvalue weighted by molar-refractivity contribution is -0.385. The molecule has 1 saturated carbocycles. The minimum Gasteiger partial charge on any atom is -0.384 e. The standard InChI is InChI=1S/C12H14N4O3/c13-11-4-9(10(5-14-11)16(18)19)12(17)15-6-7-1-2-8(15)3-7/h4-5,7-8H,1-3,6H2,(H2,13,14). The number of hydrogen-bond acceptors (Lipinski definition) is 5. The SMILES string of the molecule is Nc1cc(C(=O)N2CC3CCC2C3)c([N+](=O)[O-])cn1. The van der Waals surface area contributed by atoms with E-state index in [0.29, 0.717) is 12.5 Å². The highest BCUT2D eigenvalue weighted by Crippen LogP contribution is 2.38. The number of nitrogens with two attached hydrogens (primary N) is 1. The first kappa shape index (κ1) is 11.9. The van der Waals surface area contributed by atoms with Crippen LogP contribution in [0.25, 0.3) is 0 Å². The number of anilines is 1. The van der Waals surface area contributed by atoms with E-state index in [1.807, 2.05) is 0 Å². The van der Waals surface area contributed by atoms with Gasteiger partial charge < -0.3 is 10.6 Å². The molecule has 0 radical (unpaired) electrons. The second-order valence-electron chi connectivity index (χ2n) is 5.17. The van der Waals surface area contributed by atoms with Crippen molar-refractivity contribution in [3.05, 3.63) is 27.9 Å². The molecule has 2 aliphatic rings. The van der Waals surface area contributed by atoms with Crippen LogP contribution in [0.5, 0.6) is 0 Å². The molecule has 1 aromatic rings. The number of carbonyl (C=O) groups is 1. The monoisotopic (exact) mass is 262 g/mol. The van der Waals surface area contributed by atoms with Gasteiger partial charge in [0.2, 0.25) is 0 Å². The summed E-state index contributed by atoms with van der Waals surface area (Å²) in [5, 5.41) is 11.0. The molecule has 2 bridgehead atoms. The highest BCUT2D eigenvalue weighted by Gasteiger charge is 2.41. The summed E-state index contributed by atoms with van der Waals surface area (Å²) in [6, 6.07) is 1.53. The summed E-state index contributed by atoms with van der Waals surface area (Å²) in [5.41, 5.74) is 5.31. The largest absolute Gasteiger partial charge is 0.384 e. The lowest BCUT2D eigenvalue weighted by atomic mass is 10.1. The first-order chi connectivity index (χ1) is 9.06. The molecule has 1 aliphatic carbocycles. The third kappa shape index (κ3) is 1.91. The van der Waals surface area contributed by atoms with Crippen LogP contribution in [-0.4, -0.2) is 33.3 Å². The topological polar surface area (TPSA) is 102 Å². The summed E-state index contributed by atoms with van der Waals surface area (Å²) in [6.07, 6.45) is 4.21. The number of carbonyl (C=O) groups excluding carboxylic acids is 1. The Hall–Kier alpha value is -2.18. The molecule has 3 rings (SSSR count). The minimum absolute atomic E-state index is 0.0463. The van der Waals surface area contributed by atoms with Gasteiger partial charge >= 0.3 is 0 Å². The van der Waals surface area contributed by atoms with E-state index in [2.05, 4.69) is 4.98 Å². The molecule has 2 fully saturated rings. The number of nitro groups is 1. The molecular weight excluding hydrogens is 248 g/mol. The van der Waals surface area contributed by atoms with Crippen LogP contribution in [0, 0.1) is 16.0 Å². The predicted octanol–water partition coefficient (Wildman–Crippen LogP) is 1.20. The van der Waals surface area contributed by atoms with E-state index < -0.39 is 4.92 Å². The first-order valence-corrected chi connectivity index (χ1v) is 6.27. The van der Waals surface area contributed by atoms with Crippen molar-refractivity contribution in [2.75, 3.05) is 12.3 Å². The molecule has 19 heavy (non-hydrogen) atoms. The quantitative estimate of drug-likeness (QED) is 0.637. The van der Waals surface area contributed by atoms with E-state index >= 15 is 0 Å². The molecule has 2 N–H and O–H groups in total. The highest BCUT2D eigenvalue weighted by molar-refractivity contribution is 5.99. The van der Waals surface area contributed by atoms with E-state index in [4.69, 9.17) is 5.73 Å². The van der Waals surface area contributed by atoms with Crippen molar-refractivity contribution in [1.82, 2.24) is 9.88 Å². The lowest BCUT2D eigenvalue weighted by Gasteiger charge is -2.26. The van der Waals surface area contributed by atoms with Crippen LogP contribution >= 0.6 is 0 Å². The smallest absolute Gasteiger partial charge is 0.300 e. The van der Waals surface area contributed by atoms with Crippen molar-refractivity contribution in [2.45, 2.75) is 25.3 Å². The van der Waals surface area contributed by atoms with Crippen molar-refractivity contribution < 1.29 is 9.72 Å². The first-order valence-electron chi connectivity index (χ1n) is 6.27. The van der Waals surface area contributed by atoms with Gasteiger partial charge in [0.1, 0.15) is 17.6 Å². The van der Waals surface area contributed by atoms with Crippen LogP contribution in [-0.2, 0) is 0 Å². The molecular formula is C12H14N4O3. The summed E-state index contributed by atoms with van der Waals surface area (Å²) in [4.78, 5) is 28.3. The molecule has 2 atom stereocenters. The van der Waals surface area contributed by atoms with Gasteiger partial charge in [0.25, 0.3) is 11.6 Å². The Kier molecular flexibility index (Phi) is 2.62. The molecule has 100 valence electrons. The molecule has 1 saturated heterocycles. The average Bonchev–Trinajstić information content (AvgIpc) is 2.99. The molecule has 1 aromatic heterocycles. The number of likely N-dealkylation sites (tertiary alicyclic amines) is 1. The highest BCUT2D eigenvalue weighted by atomic mass is 16.6. The number of piperidine rings is 1. The van der Waals surface area contributed by atoms with Gasteiger partial charge in [-0.1, -0.05) is 0 Å². The van der Waals surface area contributed by atoms with Gasteiger partial charge in [0, 0.05) is 12.6 Å². The number of hydrogen-bond donors (Lipinski definition) is 1. The molecule has 7 nitrogen and oxygen atoms in total. The van der Waals surface area contributed by atoms with Gasteiger partial charge in [-0.05, 0) is 31.2 Å². The zero-order valence-electron chi connectivity index (χ0n) is 10.3. The van der Waals surface area contributed by atoms with Crippen molar-refractivity contribution in [2.24, 2.45) is 5.92 Å². The van der Waals surface area contributed by atoms with E-state index in [-0.39, 0.29) is 29.0 Å². The molecule has 1 amide bonds. The van der Waals surface area contributed by atoms with E-state index in [1.165, 1.54) is 6.07 Å². The summed E-state index contributed by atoms with van der Waals surface area (Å²) < 4.78 is 0. The normalized spacial score (nSPS) is 24.7. The van der Waals surface area contributed by atoms with Gasteiger partial charge in [-0.3, -0.25) is 14.9 Å². The summed E-state index contributed by atoms with van der Waals surface area (Å²) >= 11 is 0. The number of rotatable bonds is 2. The fraction of sp³-hybridized carbons (Fsp3) is 0.500. The summed E-state index contributed by atoms with van der Waals surface area (Å²) in [5.74, 6) is 0.374. The maximum Gasteiger partial charge on any atom is 0.300 e. The second kappa shape index (κ2) is 4.18. The Labute approximate surface area is 109 Å². The molecule has 0 spiro atoms. The van der Waals surface area contributed by atoms with E-state index in [0.717, 1.165) is 25.5 Å². The van der Waals surface area contributed by atoms with Crippen molar-refractivity contribution in [3.8, 4) is 0 Å². The number of nitrogen functional groups attached to an aromatic ring is 1. The average molecular weight is 262 g/mol. The second-order valence-corrected chi connectivity index (χ2v) is 5.17. The molecule has 7 heteroatoms. The number of aromatic nitrogens is 1. The Bertz CT molecular complexity index is 560. The maximum absolute atomic E-state index is 12.5. The summed E-state index contributed by atoms with van der Waals surface area (Å²) in [6.45, 7) is 0.697. The fourth-order valence-corrected chi connectivity index (χ4v) is 3.11. The fourth-order valence-electron chi connectivity index (χ4n) is 3.11. The van der Waals surface area contributed by atoms with Gasteiger partial charge in [-0.2, -0.15) is 0 Å². The zero-order chi connectivity index (χ0) is 13.6. The third-order valence-electron chi connectivity index (χ3n) is 4.00. The van der Waals surface area contributed by atoms with Gasteiger partial charge in [0.05, 0.1) is 4.92 Å². The van der Waals surface area contributed by atoms with E-state index in [1.54, 1.807) is 4.90 Å². The number of nitrogens with zero attached hydrogens (tertiary/aromatic N) is 3. The van der Waals surface area contributed by atoms with Gasteiger partial charge in [0.15, 0.2) is 0 Å². The van der Waals surface area contributed by atoms with Crippen LogP contribution in [0.4, 0.5) is 11.5 Å². The molecule has 0 aromatic carbocycles. The number of pyridine rings is 1. The Morgan fingerprint density at radius 3 is 2.89 bits per heavy atom. The Balaban J connectivity index is 1.95. The number of fused-ring (bicyclic) bond motifs is 2. The van der Waals surface area contributed by atoms with E-state index in [9.17, 15) is 14.9 Å². The van der Waals surface area contributed by atoms with Crippen molar-refractivity contribution >= 4 is 17.4 Å². The van der Waals surface area contributed by atoms with Gasteiger partial charge in [-0.25, -0.2) is 4.98 Å². The minimum atomic E-state index is -0.589. The van der Waals surface area contributed by atoms with Crippen LogP contribution < -0.4 is 5.73 Å². The Morgan fingerprint density at radius 2 is 2.32 bits per heavy atom. The Morgan fingerprint density at radius 1 is 1.53 bits per heavy atom. The molecule has 1 aliphatic heterocycles. The number of amides is 1. The third-order valence-corrected chi connectivity index (χ3v) is 4.00. The van der Waals surface area contributed by atoms with Crippen LogP contribution in [0.1, 0.15) is 29.6 Å². The lowest BCUT2D eigenvalue weighted by Crippen LogP contribution is -2.38.